The Balaban J connectivity index is 1.47. The van der Waals surface area contributed by atoms with E-state index in [0.29, 0.717) is 6.42 Å². The molecule has 1 atom stereocenters. The van der Waals surface area contributed by atoms with Gasteiger partial charge in [0.15, 0.2) is 0 Å². The molecule has 8 heteroatoms. The first kappa shape index (κ1) is 23.1. The Labute approximate surface area is 194 Å². The van der Waals surface area contributed by atoms with Crippen LogP contribution < -0.4 is 10.1 Å². The van der Waals surface area contributed by atoms with E-state index in [9.17, 15) is 13.2 Å². The summed E-state index contributed by atoms with van der Waals surface area (Å²) in [5, 5.41) is 3.09. The number of rotatable bonds is 6. The van der Waals surface area contributed by atoms with Crippen LogP contribution in [0.4, 0.5) is 0 Å². The van der Waals surface area contributed by atoms with E-state index in [-0.39, 0.29) is 29.0 Å². The van der Waals surface area contributed by atoms with Gasteiger partial charge in [0, 0.05) is 23.9 Å². The van der Waals surface area contributed by atoms with Gasteiger partial charge in [-0.1, -0.05) is 24.6 Å². The number of nitrogens with zero attached hydrogens (tertiary/aromatic N) is 1. The van der Waals surface area contributed by atoms with Crippen LogP contribution in [0, 0.1) is 0 Å². The minimum absolute atomic E-state index is 0.183. The number of hydrogen-bond donors (Lipinski definition) is 1. The first-order valence-electron chi connectivity index (χ1n) is 11.0. The Bertz CT molecular complexity index is 1060. The molecule has 6 nitrogen and oxygen atoms in total. The smallest absolute Gasteiger partial charge is 0.243 e. The number of thioether (sulfide) groups is 1. The number of nitrogens with one attached hydrogen (secondary N) is 1. The molecule has 0 bridgehead atoms. The third-order valence-electron chi connectivity index (χ3n) is 6.43. The minimum Gasteiger partial charge on any atom is -0.487 e. The third kappa shape index (κ3) is 4.82. The van der Waals surface area contributed by atoms with Gasteiger partial charge in [-0.2, -0.15) is 4.31 Å². The molecular weight excluding hydrogens is 444 g/mol. The lowest BCUT2D eigenvalue weighted by Crippen LogP contribution is -2.48. The predicted molar refractivity (Wildman–Crippen MR) is 126 cm³/mol. The normalized spacial score (nSPS) is 19.9. The van der Waals surface area contributed by atoms with E-state index in [0.717, 1.165) is 46.2 Å². The molecule has 0 aromatic heterocycles. The summed E-state index contributed by atoms with van der Waals surface area (Å²) in [6, 6.07) is 14.3. The van der Waals surface area contributed by atoms with Gasteiger partial charge < -0.3 is 10.1 Å². The van der Waals surface area contributed by atoms with Gasteiger partial charge in [-0.3, -0.25) is 4.79 Å². The SMILES string of the molecule is CSc1ccc(S(=O)(=O)N(C)CC(=O)NC2CC3(CCCCC3)Oc3ccccc32)cc1. The maximum atomic E-state index is 12.9. The molecule has 1 N–H and O–H groups in total. The monoisotopic (exact) mass is 474 g/mol. The molecule has 2 aromatic carbocycles. The summed E-state index contributed by atoms with van der Waals surface area (Å²) >= 11 is 1.55. The van der Waals surface area contributed by atoms with Crippen molar-refractivity contribution in [1.82, 2.24) is 9.62 Å². The van der Waals surface area contributed by atoms with Gasteiger partial charge in [0.2, 0.25) is 15.9 Å². The fraction of sp³-hybridized carbons (Fsp3) is 0.458. The zero-order chi connectivity index (χ0) is 22.8. The van der Waals surface area contributed by atoms with Crippen LogP contribution in [0.3, 0.4) is 0 Å². The molecule has 172 valence electrons. The van der Waals surface area contributed by atoms with E-state index in [1.165, 1.54) is 13.5 Å². The summed E-state index contributed by atoms with van der Waals surface area (Å²) in [5.41, 5.74) is 0.705. The van der Waals surface area contributed by atoms with E-state index in [1.54, 1.807) is 36.0 Å². The molecule has 0 radical (unpaired) electrons. The van der Waals surface area contributed by atoms with Crippen molar-refractivity contribution in [2.75, 3.05) is 19.8 Å². The van der Waals surface area contributed by atoms with Crippen LogP contribution in [0.25, 0.3) is 0 Å². The Morgan fingerprint density at radius 3 is 2.50 bits per heavy atom. The minimum atomic E-state index is -3.75. The zero-order valence-electron chi connectivity index (χ0n) is 18.5. The van der Waals surface area contributed by atoms with Crippen LogP contribution in [-0.4, -0.2) is 44.1 Å². The summed E-state index contributed by atoms with van der Waals surface area (Å²) in [6.45, 7) is -0.237. The number of benzene rings is 2. The standard InChI is InChI=1S/C24H30N2O4S2/c1-26(32(28,29)19-12-10-18(31-2)11-13-19)17-23(27)25-21-16-24(14-6-3-7-15-24)30-22-9-5-4-8-20(21)22/h4-5,8-13,21H,3,6-7,14-17H2,1-2H3,(H,25,27). The lowest BCUT2D eigenvalue weighted by molar-refractivity contribution is -0.122. The first-order valence-corrected chi connectivity index (χ1v) is 13.7. The molecular formula is C24H30N2O4S2. The quantitative estimate of drug-likeness (QED) is 0.629. The number of carbonyl (C=O) groups excluding carboxylic acids is 1. The van der Waals surface area contributed by atoms with Gasteiger partial charge in [0.05, 0.1) is 17.5 Å². The Kier molecular flexibility index (Phi) is 6.83. The average Bonchev–Trinajstić information content (AvgIpc) is 2.79. The molecule has 2 aromatic rings. The van der Waals surface area contributed by atoms with Gasteiger partial charge in [0.25, 0.3) is 0 Å². The average molecular weight is 475 g/mol. The molecule has 4 rings (SSSR count). The maximum absolute atomic E-state index is 12.9. The molecule has 1 saturated carbocycles. The number of carbonyl (C=O) groups is 1. The lowest BCUT2D eigenvalue weighted by Gasteiger charge is -2.44. The summed E-state index contributed by atoms with van der Waals surface area (Å²) in [7, 11) is -2.31. The number of fused-ring (bicyclic) bond motifs is 1. The third-order valence-corrected chi connectivity index (χ3v) is 8.99. The largest absolute Gasteiger partial charge is 0.487 e. The van der Waals surface area contributed by atoms with Crippen LogP contribution in [-0.2, 0) is 14.8 Å². The second kappa shape index (κ2) is 9.45. The van der Waals surface area contributed by atoms with E-state index < -0.39 is 10.0 Å². The molecule has 1 unspecified atom stereocenters. The Morgan fingerprint density at radius 2 is 1.81 bits per heavy atom. The van der Waals surface area contributed by atoms with Crippen LogP contribution in [0.2, 0.25) is 0 Å². The molecule has 1 fully saturated rings. The highest BCUT2D eigenvalue weighted by molar-refractivity contribution is 7.98. The molecule has 0 saturated heterocycles. The van der Waals surface area contributed by atoms with E-state index in [1.807, 2.05) is 30.5 Å². The van der Waals surface area contributed by atoms with Crippen LogP contribution >= 0.6 is 11.8 Å². The van der Waals surface area contributed by atoms with Crippen LogP contribution in [0.1, 0.15) is 50.1 Å². The van der Waals surface area contributed by atoms with Crippen molar-refractivity contribution < 1.29 is 17.9 Å². The first-order chi connectivity index (χ1) is 15.3. The summed E-state index contributed by atoms with van der Waals surface area (Å²) in [4.78, 5) is 14.1. The topological polar surface area (TPSA) is 75.7 Å². The highest BCUT2D eigenvalue weighted by Crippen LogP contribution is 2.46. The molecule has 1 aliphatic heterocycles. The summed E-state index contributed by atoms with van der Waals surface area (Å²) in [5.74, 6) is 0.505. The van der Waals surface area contributed by atoms with Gasteiger partial charge in [-0.15, -0.1) is 11.8 Å². The second-order valence-corrected chi connectivity index (χ2v) is 11.6. The van der Waals surface area contributed by atoms with Crippen molar-refractivity contribution >= 4 is 27.7 Å². The van der Waals surface area contributed by atoms with Crippen molar-refractivity contribution in [2.24, 2.45) is 0 Å². The van der Waals surface area contributed by atoms with Gasteiger partial charge in [-0.25, -0.2) is 8.42 Å². The van der Waals surface area contributed by atoms with Crippen molar-refractivity contribution in [3.05, 3.63) is 54.1 Å². The summed E-state index contributed by atoms with van der Waals surface area (Å²) < 4.78 is 33.4. The predicted octanol–water partition coefficient (Wildman–Crippen LogP) is 4.37. The fourth-order valence-corrected chi connectivity index (χ4v) is 6.24. The highest BCUT2D eigenvalue weighted by atomic mass is 32.2. The van der Waals surface area contributed by atoms with E-state index >= 15 is 0 Å². The van der Waals surface area contributed by atoms with Crippen LogP contribution in [0.15, 0.2) is 58.3 Å². The number of hydrogen-bond acceptors (Lipinski definition) is 5. The molecule has 2 aliphatic rings. The number of likely N-dealkylation sites (N-methyl/N-ethyl adjacent to an activating group) is 1. The zero-order valence-corrected chi connectivity index (χ0v) is 20.2. The van der Waals surface area contributed by atoms with Crippen molar-refractivity contribution in [1.29, 1.82) is 0 Å². The lowest BCUT2D eigenvalue weighted by atomic mass is 9.77. The number of amides is 1. The van der Waals surface area contributed by atoms with Gasteiger partial charge in [-0.05, 0) is 62.3 Å². The molecule has 32 heavy (non-hydrogen) atoms. The second-order valence-electron chi connectivity index (χ2n) is 8.64. The molecule has 1 amide bonds. The summed E-state index contributed by atoms with van der Waals surface area (Å²) in [6.07, 6.45) is 8.07. The van der Waals surface area contributed by atoms with Crippen molar-refractivity contribution in [3.63, 3.8) is 0 Å². The number of para-hydroxylation sites is 1. The van der Waals surface area contributed by atoms with Crippen LogP contribution in [0.5, 0.6) is 5.75 Å². The molecule has 1 spiro atoms. The highest BCUT2D eigenvalue weighted by Gasteiger charge is 2.42. The van der Waals surface area contributed by atoms with E-state index in [2.05, 4.69) is 5.32 Å². The molecule has 1 heterocycles. The van der Waals surface area contributed by atoms with E-state index in [4.69, 9.17) is 4.74 Å². The molecule has 1 aliphatic carbocycles. The number of sulfonamides is 1. The van der Waals surface area contributed by atoms with Gasteiger partial charge >= 0.3 is 0 Å². The van der Waals surface area contributed by atoms with Gasteiger partial charge in [0.1, 0.15) is 11.4 Å². The number of ether oxygens (including phenoxy) is 1. The Morgan fingerprint density at radius 1 is 1.12 bits per heavy atom. The fourth-order valence-electron chi connectivity index (χ4n) is 4.70. The maximum Gasteiger partial charge on any atom is 0.243 e. The van der Waals surface area contributed by atoms with Crippen molar-refractivity contribution in [2.45, 2.75) is 60.0 Å². The Hall–Kier alpha value is -2.03. The van der Waals surface area contributed by atoms with Crippen molar-refractivity contribution in [3.8, 4) is 5.75 Å².